The summed E-state index contributed by atoms with van der Waals surface area (Å²) in [5, 5.41) is 50.7. The summed E-state index contributed by atoms with van der Waals surface area (Å²) in [6.45, 7) is 2.95. The van der Waals surface area contributed by atoms with E-state index < -0.39 is 53.6 Å². The van der Waals surface area contributed by atoms with Crippen molar-refractivity contribution >= 4 is 16.9 Å². The van der Waals surface area contributed by atoms with Crippen LogP contribution in [0.4, 0.5) is 0 Å². The molecule has 0 radical (unpaired) electrons. The summed E-state index contributed by atoms with van der Waals surface area (Å²) in [6, 6.07) is 7.68. The van der Waals surface area contributed by atoms with Crippen LogP contribution in [0.1, 0.15) is 26.7 Å². The van der Waals surface area contributed by atoms with Crippen molar-refractivity contribution in [1.82, 2.24) is 0 Å². The van der Waals surface area contributed by atoms with Crippen LogP contribution in [-0.2, 0) is 14.3 Å². The van der Waals surface area contributed by atoms with Crippen molar-refractivity contribution in [3.63, 3.8) is 0 Å². The Morgan fingerprint density at radius 1 is 1.03 bits per heavy atom. The molecule has 5 N–H and O–H groups in total. The number of hydrogen-bond acceptors (Lipinski definition) is 11. The fraction of sp³-hybridized carbons (Fsp3) is 0.360. The Labute approximate surface area is 204 Å². The van der Waals surface area contributed by atoms with Gasteiger partial charge in [0.2, 0.25) is 17.5 Å². The first-order chi connectivity index (χ1) is 17.1. The lowest BCUT2D eigenvalue weighted by molar-refractivity contribution is -0.278. The van der Waals surface area contributed by atoms with Crippen molar-refractivity contribution in [1.29, 1.82) is 0 Å². The molecule has 5 unspecified atom stereocenters. The summed E-state index contributed by atoms with van der Waals surface area (Å²) in [5.74, 6) is -2.34. The minimum Gasteiger partial charge on any atom is -0.508 e. The number of rotatable bonds is 6. The Morgan fingerprint density at radius 3 is 2.36 bits per heavy atom. The Hall–Kier alpha value is -3.80. The van der Waals surface area contributed by atoms with Crippen molar-refractivity contribution in [3.8, 4) is 34.3 Å². The molecule has 0 saturated carbocycles. The third kappa shape index (κ3) is 4.81. The third-order valence-electron chi connectivity index (χ3n) is 5.80. The number of esters is 1. The summed E-state index contributed by atoms with van der Waals surface area (Å²) in [7, 11) is 0. The molecule has 1 aliphatic rings. The quantitative estimate of drug-likeness (QED) is 0.312. The van der Waals surface area contributed by atoms with E-state index in [0.29, 0.717) is 12.8 Å². The van der Waals surface area contributed by atoms with E-state index in [4.69, 9.17) is 18.6 Å². The van der Waals surface area contributed by atoms with Crippen molar-refractivity contribution in [3.05, 3.63) is 46.6 Å². The van der Waals surface area contributed by atoms with Gasteiger partial charge in [0.25, 0.3) is 0 Å². The lowest BCUT2D eigenvalue weighted by Crippen LogP contribution is -2.60. The second-order valence-corrected chi connectivity index (χ2v) is 8.48. The normalized spacial score (nSPS) is 23.9. The Balaban J connectivity index is 1.88. The van der Waals surface area contributed by atoms with E-state index >= 15 is 0 Å². The van der Waals surface area contributed by atoms with Gasteiger partial charge in [0.05, 0.1) is 6.10 Å². The van der Waals surface area contributed by atoms with Crippen LogP contribution in [0.25, 0.3) is 22.3 Å². The molecule has 36 heavy (non-hydrogen) atoms. The van der Waals surface area contributed by atoms with Crippen LogP contribution < -0.4 is 10.2 Å². The number of aliphatic hydroxyl groups excluding tert-OH is 2. The summed E-state index contributed by atoms with van der Waals surface area (Å²) in [4.78, 5) is 25.2. The summed E-state index contributed by atoms with van der Waals surface area (Å²) in [5.41, 5.74) is -0.696. The van der Waals surface area contributed by atoms with Gasteiger partial charge in [-0.2, -0.15) is 0 Å². The topological polar surface area (TPSA) is 176 Å². The van der Waals surface area contributed by atoms with Crippen molar-refractivity contribution in [2.45, 2.75) is 57.4 Å². The molecule has 0 bridgehead atoms. The lowest BCUT2D eigenvalue weighted by Gasteiger charge is -2.41. The van der Waals surface area contributed by atoms with Crippen LogP contribution in [-0.4, -0.2) is 62.2 Å². The molecule has 2 aromatic carbocycles. The Kier molecular flexibility index (Phi) is 7.07. The highest BCUT2D eigenvalue weighted by atomic mass is 16.7. The molecule has 11 nitrogen and oxygen atoms in total. The third-order valence-corrected chi connectivity index (χ3v) is 5.80. The van der Waals surface area contributed by atoms with Crippen LogP contribution in [0, 0.1) is 0 Å². The van der Waals surface area contributed by atoms with Crippen LogP contribution in [0.2, 0.25) is 0 Å². The first-order valence-corrected chi connectivity index (χ1v) is 11.3. The molecule has 11 heteroatoms. The molecular formula is C25H26O11. The van der Waals surface area contributed by atoms with Crippen molar-refractivity contribution < 1.29 is 49.0 Å². The van der Waals surface area contributed by atoms with E-state index in [1.807, 2.05) is 6.92 Å². The molecular weight excluding hydrogens is 476 g/mol. The highest BCUT2D eigenvalue weighted by Crippen LogP contribution is 2.38. The summed E-state index contributed by atoms with van der Waals surface area (Å²) in [6.07, 6.45) is -5.96. The number of ether oxygens (including phenoxy) is 3. The second-order valence-electron chi connectivity index (χ2n) is 8.48. The van der Waals surface area contributed by atoms with Gasteiger partial charge in [0, 0.05) is 24.6 Å². The Bertz CT molecular complexity index is 1310. The average molecular weight is 502 g/mol. The van der Waals surface area contributed by atoms with Gasteiger partial charge in [-0.05, 0) is 30.7 Å². The first-order valence-electron chi connectivity index (χ1n) is 11.3. The molecule has 4 rings (SSSR count). The zero-order chi connectivity index (χ0) is 26.1. The number of benzene rings is 2. The number of carbonyl (C=O) groups is 1. The maximum absolute atomic E-state index is 13.5. The number of phenols is 3. The van der Waals surface area contributed by atoms with E-state index in [1.165, 1.54) is 24.3 Å². The molecule has 5 atom stereocenters. The maximum Gasteiger partial charge on any atom is 0.303 e. The fourth-order valence-corrected chi connectivity index (χ4v) is 4.13. The predicted octanol–water partition coefficient (Wildman–Crippen LogP) is 2.13. The zero-order valence-corrected chi connectivity index (χ0v) is 19.5. The SMILES string of the molecule is CCCC1OC(Oc2c(-c3ccc(O)cc3)oc3cc(O)cc(O)c3c2=O)C(OC(C)=O)C(O)C1O. The number of phenolic OH excluding ortho intramolecular Hbond substituents is 3. The Morgan fingerprint density at radius 2 is 1.72 bits per heavy atom. The van der Waals surface area contributed by atoms with Crippen LogP contribution in [0.3, 0.4) is 0 Å². The van der Waals surface area contributed by atoms with E-state index in [0.717, 1.165) is 19.1 Å². The standard InChI is InChI=1S/C25H26O11/c1-3-4-16-19(30)21(32)24(33-11(2)26)25(35-16)36-23-20(31)18-15(29)9-14(28)10-17(18)34-22(23)12-5-7-13(27)8-6-12/h5-10,16,19,21,24-25,27-30,32H,3-4H2,1-2H3. The monoisotopic (exact) mass is 502 g/mol. The molecule has 1 fully saturated rings. The van der Waals surface area contributed by atoms with Gasteiger partial charge in [0.15, 0.2) is 11.9 Å². The predicted molar refractivity (Wildman–Crippen MR) is 125 cm³/mol. The molecule has 192 valence electrons. The molecule has 0 aliphatic carbocycles. The highest BCUT2D eigenvalue weighted by Gasteiger charge is 2.48. The van der Waals surface area contributed by atoms with Gasteiger partial charge < -0.3 is 44.2 Å². The van der Waals surface area contributed by atoms with E-state index in [2.05, 4.69) is 0 Å². The van der Waals surface area contributed by atoms with Crippen LogP contribution in [0.15, 0.2) is 45.6 Å². The summed E-state index contributed by atoms with van der Waals surface area (Å²) < 4.78 is 22.7. The molecule has 0 spiro atoms. The number of aliphatic hydroxyl groups is 2. The smallest absolute Gasteiger partial charge is 0.303 e. The molecule has 1 saturated heterocycles. The average Bonchev–Trinajstić information content (AvgIpc) is 2.81. The largest absolute Gasteiger partial charge is 0.508 e. The number of fused-ring (bicyclic) bond motifs is 1. The molecule has 2 heterocycles. The lowest BCUT2D eigenvalue weighted by atomic mass is 9.96. The van der Waals surface area contributed by atoms with Crippen LogP contribution >= 0.6 is 0 Å². The fourth-order valence-electron chi connectivity index (χ4n) is 4.13. The van der Waals surface area contributed by atoms with E-state index in [-0.39, 0.29) is 33.8 Å². The van der Waals surface area contributed by atoms with E-state index in [9.17, 15) is 35.1 Å². The van der Waals surface area contributed by atoms with Crippen molar-refractivity contribution in [2.24, 2.45) is 0 Å². The van der Waals surface area contributed by atoms with Crippen molar-refractivity contribution in [2.75, 3.05) is 0 Å². The number of hydrogen-bond donors (Lipinski definition) is 5. The first kappa shape index (κ1) is 25.3. The van der Waals surface area contributed by atoms with Gasteiger partial charge in [0.1, 0.15) is 40.4 Å². The second kappa shape index (κ2) is 10.1. The van der Waals surface area contributed by atoms with Gasteiger partial charge in [-0.15, -0.1) is 0 Å². The number of aromatic hydroxyl groups is 3. The van der Waals surface area contributed by atoms with Gasteiger partial charge in [-0.3, -0.25) is 9.59 Å². The highest BCUT2D eigenvalue weighted by molar-refractivity contribution is 5.88. The van der Waals surface area contributed by atoms with Gasteiger partial charge in [-0.25, -0.2) is 0 Å². The molecule has 3 aromatic rings. The molecule has 1 aliphatic heterocycles. The van der Waals surface area contributed by atoms with Gasteiger partial charge >= 0.3 is 5.97 Å². The number of carbonyl (C=O) groups excluding carboxylic acids is 1. The minimum atomic E-state index is -1.58. The molecule has 1 aromatic heterocycles. The maximum atomic E-state index is 13.5. The van der Waals surface area contributed by atoms with Crippen LogP contribution in [0.5, 0.6) is 23.0 Å². The van der Waals surface area contributed by atoms with Gasteiger partial charge in [-0.1, -0.05) is 13.3 Å². The zero-order valence-electron chi connectivity index (χ0n) is 19.5. The minimum absolute atomic E-state index is 0.0512. The molecule has 0 amide bonds. The summed E-state index contributed by atoms with van der Waals surface area (Å²) >= 11 is 0. The van der Waals surface area contributed by atoms with E-state index in [1.54, 1.807) is 0 Å².